The number of sulfone groups is 1. The Morgan fingerprint density at radius 3 is 2.37 bits per heavy atom. The molecule has 4 nitrogen and oxygen atoms in total. The van der Waals surface area contributed by atoms with Gasteiger partial charge in [-0.2, -0.15) is 8.78 Å². The van der Waals surface area contributed by atoms with Crippen LogP contribution < -0.4 is 4.74 Å². The van der Waals surface area contributed by atoms with Crippen LogP contribution in [0.25, 0.3) is 0 Å². The van der Waals surface area contributed by atoms with Crippen LogP contribution in [0.15, 0.2) is 24.3 Å². The average molecular weight is 290 g/mol. The van der Waals surface area contributed by atoms with Gasteiger partial charge in [0.15, 0.2) is 15.6 Å². The number of hydrogen-bond acceptors (Lipinski definition) is 4. The summed E-state index contributed by atoms with van der Waals surface area (Å²) >= 11 is 0. The number of rotatable bonds is 4. The second kappa shape index (κ2) is 5.24. The standard InChI is InChI=1S/C12H12F2O4S/c13-12(14)18-10-3-1-8(2-4-10)11(15)9-5-6-19(16,17)7-9/h1-4,9,12H,5-7H2. The molecule has 2 rings (SSSR count). The minimum atomic E-state index is -3.12. The van der Waals surface area contributed by atoms with Gasteiger partial charge in [0.25, 0.3) is 0 Å². The van der Waals surface area contributed by atoms with Crippen LogP contribution in [0.2, 0.25) is 0 Å². The van der Waals surface area contributed by atoms with Crippen molar-refractivity contribution in [2.75, 3.05) is 11.5 Å². The fourth-order valence-corrected chi connectivity index (χ4v) is 3.78. The quantitative estimate of drug-likeness (QED) is 0.795. The molecule has 19 heavy (non-hydrogen) atoms. The van der Waals surface area contributed by atoms with Gasteiger partial charge in [0, 0.05) is 11.5 Å². The summed E-state index contributed by atoms with van der Waals surface area (Å²) < 4.78 is 50.7. The van der Waals surface area contributed by atoms with Crippen molar-refractivity contribution >= 4 is 15.6 Å². The van der Waals surface area contributed by atoms with Gasteiger partial charge in [0.05, 0.1) is 11.5 Å². The smallest absolute Gasteiger partial charge is 0.387 e. The van der Waals surface area contributed by atoms with Gasteiger partial charge in [-0.15, -0.1) is 0 Å². The molecule has 7 heteroatoms. The Morgan fingerprint density at radius 1 is 1.26 bits per heavy atom. The van der Waals surface area contributed by atoms with E-state index in [1.807, 2.05) is 0 Å². The van der Waals surface area contributed by atoms with Gasteiger partial charge in [0.2, 0.25) is 0 Å². The van der Waals surface area contributed by atoms with Crippen molar-refractivity contribution in [1.82, 2.24) is 0 Å². The second-order valence-corrected chi connectivity index (χ2v) is 6.60. The summed E-state index contributed by atoms with van der Waals surface area (Å²) in [5.41, 5.74) is 0.309. The van der Waals surface area contributed by atoms with Crippen molar-refractivity contribution in [3.63, 3.8) is 0 Å². The molecule has 1 aromatic rings. The van der Waals surface area contributed by atoms with Crippen LogP contribution in [0.5, 0.6) is 5.75 Å². The Kier molecular flexibility index (Phi) is 3.84. The van der Waals surface area contributed by atoms with Gasteiger partial charge < -0.3 is 4.74 Å². The second-order valence-electron chi connectivity index (χ2n) is 4.37. The van der Waals surface area contributed by atoms with Crippen LogP contribution in [0, 0.1) is 5.92 Å². The van der Waals surface area contributed by atoms with Crippen molar-refractivity contribution in [1.29, 1.82) is 0 Å². The summed E-state index contributed by atoms with van der Waals surface area (Å²) in [7, 11) is -3.12. The largest absolute Gasteiger partial charge is 0.435 e. The van der Waals surface area contributed by atoms with Crippen molar-refractivity contribution in [2.24, 2.45) is 5.92 Å². The lowest BCUT2D eigenvalue weighted by molar-refractivity contribution is -0.0498. The van der Waals surface area contributed by atoms with Crippen LogP contribution in [0.4, 0.5) is 8.78 Å². The number of ether oxygens (including phenoxy) is 1. The van der Waals surface area contributed by atoms with E-state index in [9.17, 15) is 22.0 Å². The highest BCUT2D eigenvalue weighted by atomic mass is 32.2. The third kappa shape index (κ3) is 3.50. The highest BCUT2D eigenvalue weighted by molar-refractivity contribution is 7.91. The van der Waals surface area contributed by atoms with E-state index >= 15 is 0 Å². The van der Waals surface area contributed by atoms with E-state index in [0.717, 1.165) is 0 Å². The number of carbonyl (C=O) groups is 1. The number of halogens is 2. The average Bonchev–Trinajstić information content (AvgIpc) is 2.69. The van der Waals surface area contributed by atoms with E-state index in [1.54, 1.807) is 0 Å². The van der Waals surface area contributed by atoms with E-state index in [2.05, 4.69) is 4.74 Å². The maximum absolute atomic E-state index is 12.0. The summed E-state index contributed by atoms with van der Waals surface area (Å²) in [4.78, 5) is 12.0. The topological polar surface area (TPSA) is 60.4 Å². The number of benzene rings is 1. The van der Waals surface area contributed by atoms with Gasteiger partial charge in [-0.3, -0.25) is 4.79 Å². The van der Waals surface area contributed by atoms with Crippen molar-refractivity contribution in [2.45, 2.75) is 13.0 Å². The number of carbonyl (C=O) groups excluding carboxylic acids is 1. The van der Waals surface area contributed by atoms with Gasteiger partial charge in [-0.1, -0.05) is 0 Å². The fourth-order valence-electron chi connectivity index (χ4n) is 2.04. The van der Waals surface area contributed by atoms with Crippen LogP contribution in [-0.4, -0.2) is 32.3 Å². The number of Topliss-reactive ketones (excluding diaryl/α,β-unsaturated/α-hetero) is 1. The first-order valence-corrected chi connectivity index (χ1v) is 7.49. The third-order valence-electron chi connectivity index (χ3n) is 2.97. The first kappa shape index (κ1) is 13.9. The number of hydrogen-bond donors (Lipinski definition) is 0. The number of alkyl halides is 2. The molecule has 0 aliphatic carbocycles. The maximum Gasteiger partial charge on any atom is 0.387 e. The van der Waals surface area contributed by atoms with E-state index in [0.29, 0.717) is 12.0 Å². The predicted octanol–water partition coefficient (Wildman–Crippen LogP) is 1.91. The van der Waals surface area contributed by atoms with Crippen molar-refractivity contribution in [3.8, 4) is 5.75 Å². The van der Waals surface area contributed by atoms with Crippen molar-refractivity contribution in [3.05, 3.63) is 29.8 Å². The molecule has 1 aliphatic heterocycles. The first-order chi connectivity index (χ1) is 8.87. The molecule has 0 aromatic heterocycles. The maximum atomic E-state index is 12.0. The molecule has 1 aromatic carbocycles. The third-order valence-corrected chi connectivity index (χ3v) is 4.74. The summed E-state index contributed by atoms with van der Waals surface area (Å²) in [6.07, 6.45) is 0.316. The molecule has 0 spiro atoms. The minimum absolute atomic E-state index is 0.0238. The van der Waals surface area contributed by atoms with Crippen LogP contribution >= 0.6 is 0 Å². The molecule has 104 valence electrons. The lowest BCUT2D eigenvalue weighted by Crippen LogP contribution is -2.16. The van der Waals surface area contributed by atoms with Gasteiger partial charge in [-0.05, 0) is 30.7 Å². The molecule has 1 fully saturated rings. The number of ketones is 1. The summed E-state index contributed by atoms with van der Waals surface area (Å²) in [5, 5.41) is 0. The van der Waals surface area contributed by atoms with E-state index in [-0.39, 0.29) is 23.0 Å². The molecule has 1 unspecified atom stereocenters. The Balaban J connectivity index is 2.08. The first-order valence-electron chi connectivity index (χ1n) is 5.67. The van der Waals surface area contributed by atoms with Gasteiger partial charge in [-0.25, -0.2) is 8.42 Å². The van der Waals surface area contributed by atoms with Crippen LogP contribution in [-0.2, 0) is 9.84 Å². The lowest BCUT2D eigenvalue weighted by atomic mass is 9.97. The van der Waals surface area contributed by atoms with Gasteiger partial charge in [0.1, 0.15) is 5.75 Å². The Bertz CT molecular complexity index is 566. The van der Waals surface area contributed by atoms with E-state index < -0.39 is 22.4 Å². The molecular weight excluding hydrogens is 278 g/mol. The Hall–Kier alpha value is -1.50. The molecule has 1 heterocycles. The molecular formula is C12H12F2O4S. The summed E-state index contributed by atoms with van der Waals surface area (Å²) in [6.45, 7) is -2.92. The van der Waals surface area contributed by atoms with Gasteiger partial charge >= 0.3 is 6.61 Å². The van der Waals surface area contributed by atoms with Crippen LogP contribution in [0.3, 0.4) is 0 Å². The molecule has 0 amide bonds. The molecule has 1 aliphatic rings. The summed E-state index contributed by atoms with van der Waals surface area (Å²) in [6, 6.07) is 5.27. The normalized spacial score (nSPS) is 21.5. The Morgan fingerprint density at radius 2 is 1.89 bits per heavy atom. The molecule has 0 saturated carbocycles. The molecule has 1 atom stereocenters. The lowest BCUT2D eigenvalue weighted by Gasteiger charge is -2.08. The van der Waals surface area contributed by atoms with Crippen molar-refractivity contribution < 1.29 is 26.7 Å². The van der Waals surface area contributed by atoms with E-state index in [1.165, 1.54) is 24.3 Å². The highest BCUT2D eigenvalue weighted by Crippen LogP contribution is 2.24. The zero-order valence-corrected chi connectivity index (χ0v) is 10.7. The molecule has 0 N–H and O–H groups in total. The summed E-state index contributed by atoms with van der Waals surface area (Å²) in [5.74, 6) is -0.959. The minimum Gasteiger partial charge on any atom is -0.435 e. The highest BCUT2D eigenvalue weighted by Gasteiger charge is 2.33. The SMILES string of the molecule is O=C(c1ccc(OC(F)F)cc1)C1CCS(=O)(=O)C1. The Labute approximate surface area is 109 Å². The van der Waals surface area contributed by atoms with E-state index in [4.69, 9.17) is 0 Å². The predicted molar refractivity (Wildman–Crippen MR) is 64.2 cm³/mol. The van der Waals surface area contributed by atoms with Crippen LogP contribution in [0.1, 0.15) is 16.8 Å². The molecule has 1 saturated heterocycles. The molecule has 0 bridgehead atoms. The zero-order chi connectivity index (χ0) is 14.0. The zero-order valence-electron chi connectivity index (χ0n) is 9.88. The fraction of sp³-hybridized carbons (Fsp3) is 0.417. The monoisotopic (exact) mass is 290 g/mol. The molecule has 0 radical (unpaired) electrons.